The number of nitrogens with one attached hydrogen (secondary N) is 2. The lowest BCUT2D eigenvalue weighted by molar-refractivity contribution is -0.145. The molecule has 12 nitrogen and oxygen atoms in total. The molecule has 1 aliphatic carbocycles. The van der Waals surface area contributed by atoms with Gasteiger partial charge in [-0.05, 0) is 98.9 Å². The maximum atomic E-state index is 13.6. The SMILES string of the molecule is CC(C)(C)OC(=O)NCC(C(=O)Nc1ccc2cnccc2c1)c1ccc(COC(=O)CCC/C=C\CC2C(O)CC(O)C2/C=C/[C@@H](O)COc2cccc(C(F)(F)F)c2)cc1. The number of aromatic nitrogens is 1. The number of hydrogen-bond donors (Lipinski definition) is 5. The molecular formula is C47H54F3N3O9. The number of hydrogen-bond acceptors (Lipinski definition) is 10. The van der Waals surface area contributed by atoms with Gasteiger partial charge in [-0.2, -0.15) is 13.2 Å². The second-order valence-corrected chi connectivity index (χ2v) is 16.3. The standard InChI is InChI=1S/C47H54F3N3O9/c1-46(2,3)62-45(59)52-27-40(44(58)53-35-18-17-33-26-51-22-21-32(33)23-35)31-15-13-30(14-16-31)28-61-43(57)12-7-5-4-6-11-38-39(42(56)25-41(38)55)20-19-36(54)29-60-37-10-8-9-34(24-37)47(48,49)50/h4,6,8-10,13-24,26,36,38-42,54-56H,5,7,11-12,25,27-29H2,1-3H3,(H,52,59)(H,53,58)/b6-4-,20-19+/t36-,38?,39?,40?,41?,42?/m1/s1. The number of aliphatic hydroxyl groups excluding tert-OH is 3. The summed E-state index contributed by atoms with van der Waals surface area (Å²) < 4.78 is 55.2. The third-order valence-corrected chi connectivity index (χ3v) is 10.2. The zero-order chi connectivity index (χ0) is 44.9. The second-order valence-electron chi connectivity index (χ2n) is 16.3. The van der Waals surface area contributed by atoms with E-state index in [0.717, 1.165) is 22.9 Å². The lowest BCUT2D eigenvalue weighted by atomic mass is 9.89. The van der Waals surface area contributed by atoms with Gasteiger partial charge in [-0.3, -0.25) is 14.6 Å². The van der Waals surface area contributed by atoms with Gasteiger partial charge in [0.15, 0.2) is 0 Å². The van der Waals surface area contributed by atoms with E-state index in [2.05, 4.69) is 15.6 Å². The minimum Gasteiger partial charge on any atom is -0.491 e. The average molecular weight is 862 g/mol. The highest BCUT2D eigenvalue weighted by molar-refractivity contribution is 5.98. The Morgan fingerprint density at radius 2 is 1.73 bits per heavy atom. The number of alkyl carbamates (subject to hydrolysis) is 1. The number of carbonyl (C=O) groups is 3. The van der Waals surface area contributed by atoms with Crippen LogP contribution < -0.4 is 15.4 Å². The van der Waals surface area contributed by atoms with Gasteiger partial charge in [0.25, 0.3) is 0 Å². The molecule has 332 valence electrons. The minimum atomic E-state index is -4.52. The summed E-state index contributed by atoms with van der Waals surface area (Å²) in [6.07, 6.45) is 4.08. The Morgan fingerprint density at radius 3 is 2.47 bits per heavy atom. The molecule has 1 aromatic heterocycles. The monoisotopic (exact) mass is 861 g/mol. The number of rotatable bonds is 18. The summed E-state index contributed by atoms with van der Waals surface area (Å²) in [5, 5.41) is 39.0. The van der Waals surface area contributed by atoms with Gasteiger partial charge in [0.2, 0.25) is 5.91 Å². The summed E-state index contributed by atoms with van der Waals surface area (Å²) >= 11 is 0. The Hall–Kier alpha value is -5.77. The van der Waals surface area contributed by atoms with E-state index in [-0.39, 0.29) is 56.1 Å². The van der Waals surface area contributed by atoms with Gasteiger partial charge in [-0.1, -0.05) is 60.7 Å². The number of carbonyl (C=O) groups excluding carboxylic acids is 3. The number of amides is 2. The zero-order valence-corrected chi connectivity index (χ0v) is 34.9. The molecule has 5 rings (SSSR count). The number of nitrogens with zero attached hydrogens (tertiary/aromatic N) is 1. The summed E-state index contributed by atoms with van der Waals surface area (Å²) in [5.41, 5.74) is 0.347. The highest BCUT2D eigenvalue weighted by Gasteiger charge is 2.39. The number of anilines is 1. The number of ether oxygens (including phenoxy) is 3. The van der Waals surface area contributed by atoms with E-state index in [1.54, 1.807) is 69.6 Å². The van der Waals surface area contributed by atoms with Crippen LogP contribution in [0.15, 0.2) is 109 Å². The smallest absolute Gasteiger partial charge is 0.416 e. The topological polar surface area (TPSA) is 177 Å². The number of esters is 1. The van der Waals surface area contributed by atoms with Crippen molar-refractivity contribution in [2.24, 2.45) is 11.8 Å². The molecule has 0 spiro atoms. The van der Waals surface area contributed by atoms with Gasteiger partial charge >= 0.3 is 18.2 Å². The molecule has 62 heavy (non-hydrogen) atoms. The van der Waals surface area contributed by atoms with E-state index in [1.165, 1.54) is 18.2 Å². The van der Waals surface area contributed by atoms with Crippen molar-refractivity contribution in [1.82, 2.24) is 10.3 Å². The fourth-order valence-corrected chi connectivity index (χ4v) is 7.03. The summed E-state index contributed by atoms with van der Waals surface area (Å²) in [5.74, 6) is -2.33. The number of pyridine rings is 1. The van der Waals surface area contributed by atoms with E-state index in [9.17, 15) is 42.9 Å². The van der Waals surface area contributed by atoms with Crippen molar-refractivity contribution in [3.05, 3.63) is 126 Å². The summed E-state index contributed by atoms with van der Waals surface area (Å²) in [7, 11) is 0. The number of unbranched alkanes of at least 4 members (excludes halogenated alkanes) is 1. The second kappa shape index (κ2) is 21.8. The van der Waals surface area contributed by atoms with Crippen molar-refractivity contribution in [3.63, 3.8) is 0 Å². The Labute approximate surface area is 358 Å². The molecule has 1 saturated carbocycles. The molecule has 4 aromatic rings. The van der Waals surface area contributed by atoms with Crippen LogP contribution in [-0.2, 0) is 31.8 Å². The van der Waals surface area contributed by atoms with E-state index < -0.39 is 53.6 Å². The Morgan fingerprint density at radius 1 is 0.952 bits per heavy atom. The van der Waals surface area contributed by atoms with Crippen molar-refractivity contribution in [2.75, 3.05) is 18.5 Å². The lowest BCUT2D eigenvalue weighted by Crippen LogP contribution is -2.37. The van der Waals surface area contributed by atoms with E-state index in [4.69, 9.17) is 14.2 Å². The molecule has 5 unspecified atom stereocenters. The molecule has 0 bridgehead atoms. The summed E-state index contributed by atoms with van der Waals surface area (Å²) in [6.45, 7) is 4.94. The fraction of sp³-hybridized carbons (Fsp3) is 0.404. The van der Waals surface area contributed by atoms with Crippen molar-refractivity contribution in [3.8, 4) is 5.75 Å². The van der Waals surface area contributed by atoms with Crippen LogP contribution in [0.3, 0.4) is 0 Å². The first-order valence-electron chi connectivity index (χ1n) is 20.5. The molecule has 15 heteroatoms. The number of halogens is 3. The Kier molecular flexibility index (Phi) is 16.7. The summed E-state index contributed by atoms with van der Waals surface area (Å²) in [4.78, 5) is 42.8. The van der Waals surface area contributed by atoms with Crippen LogP contribution in [0.2, 0.25) is 0 Å². The number of aliphatic hydroxyl groups is 3. The van der Waals surface area contributed by atoms with Crippen LogP contribution in [0, 0.1) is 11.8 Å². The zero-order valence-electron chi connectivity index (χ0n) is 34.9. The lowest BCUT2D eigenvalue weighted by Gasteiger charge is -2.22. The summed E-state index contributed by atoms with van der Waals surface area (Å²) in [6, 6.07) is 18.7. The molecular weight excluding hydrogens is 808 g/mol. The van der Waals surface area contributed by atoms with Gasteiger partial charge < -0.3 is 40.2 Å². The molecule has 1 heterocycles. The van der Waals surface area contributed by atoms with Crippen molar-refractivity contribution >= 4 is 34.4 Å². The quantitative estimate of drug-likeness (QED) is 0.0374. The molecule has 3 aromatic carbocycles. The Balaban J connectivity index is 1.06. The van der Waals surface area contributed by atoms with Crippen LogP contribution in [0.25, 0.3) is 10.8 Å². The van der Waals surface area contributed by atoms with Gasteiger partial charge in [0.1, 0.15) is 30.7 Å². The number of allylic oxidation sites excluding steroid dienone is 2. The van der Waals surface area contributed by atoms with Gasteiger partial charge in [0.05, 0.1) is 23.7 Å². The normalized spacial score (nSPS) is 19.0. The highest BCUT2D eigenvalue weighted by Crippen LogP contribution is 2.37. The van der Waals surface area contributed by atoms with E-state index in [0.29, 0.717) is 36.1 Å². The van der Waals surface area contributed by atoms with Crippen molar-refractivity contribution in [1.29, 1.82) is 0 Å². The van der Waals surface area contributed by atoms with E-state index >= 15 is 0 Å². The minimum absolute atomic E-state index is 0.0246. The van der Waals surface area contributed by atoms with Crippen LogP contribution in [0.5, 0.6) is 5.75 Å². The van der Waals surface area contributed by atoms with Gasteiger partial charge in [-0.25, -0.2) is 4.79 Å². The molecule has 1 fully saturated rings. The number of benzene rings is 3. The van der Waals surface area contributed by atoms with Crippen molar-refractivity contribution in [2.45, 2.75) is 95.5 Å². The molecule has 2 amide bonds. The maximum Gasteiger partial charge on any atom is 0.416 e. The molecule has 6 atom stereocenters. The van der Waals surface area contributed by atoms with E-state index in [1.807, 2.05) is 30.4 Å². The Bertz CT molecular complexity index is 2170. The largest absolute Gasteiger partial charge is 0.491 e. The molecule has 0 saturated heterocycles. The van der Waals surface area contributed by atoms with Crippen molar-refractivity contribution < 1.29 is 57.1 Å². The predicted octanol–water partition coefficient (Wildman–Crippen LogP) is 8.01. The van der Waals surface area contributed by atoms with Crippen LogP contribution >= 0.6 is 0 Å². The first-order valence-corrected chi connectivity index (χ1v) is 20.5. The van der Waals surface area contributed by atoms with Crippen LogP contribution in [0.4, 0.5) is 23.7 Å². The maximum absolute atomic E-state index is 13.6. The first-order chi connectivity index (χ1) is 29.4. The van der Waals surface area contributed by atoms with Gasteiger partial charge in [-0.15, -0.1) is 0 Å². The highest BCUT2D eigenvalue weighted by atomic mass is 19.4. The first kappa shape index (κ1) is 47.3. The molecule has 0 radical (unpaired) electrons. The fourth-order valence-electron chi connectivity index (χ4n) is 7.03. The number of fused-ring (bicyclic) bond motifs is 1. The molecule has 1 aliphatic rings. The third kappa shape index (κ3) is 14.7. The van der Waals surface area contributed by atoms with Crippen LogP contribution in [-0.4, -0.2) is 75.3 Å². The molecule has 5 N–H and O–H groups in total. The number of alkyl halides is 3. The predicted molar refractivity (Wildman–Crippen MR) is 227 cm³/mol. The average Bonchev–Trinajstić information content (AvgIpc) is 3.49. The van der Waals surface area contributed by atoms with Gasteiger partial charge in [0, 0.05) is 48.8 Å². The third-order valence-electron chi connectivity index (χ3n) is 10.2. The molecule has 0 aliphatic heterocycles. The van der Waals surface area contributed by atoms with Crippen LogP contribution in [0.1, 0.15) is 75.5 Å².